The Morgan fingerprint density at radius 3 is 2.65 bits per heavy atom. The van der Waals surface area contributed by atoms with Crippen molar-refractivity contribution in [2.75, 3.05) is 25.5 Å². The first-order chi connectivity index (χ1) is 8.34. The van der Waals surface area contributed by atoms with Gasteiger partial charge in [0.15, 0.2) is 0 Å². The molecule has 1 N–H and O–H groups in total. The van der Waals surface area contributed by atoms with E-state index in [-0.39, 0.29) is 5.82 Å². The normalized spacial score (nSPS) is 17.2. The van der Waals surface area contributed by atoms with Crippen LogP contribution in [0, 0.1) is 5.82 Å². The van der Waals surface area contributed by atoms with Gasteiger partial charge in [0.05, 0.1) is 0 Å². The van der Waals surface area contributed by atoms with Crippen molar-refractivity contribution >= 4 is 11.8 Å². The molecule has 0 aromatic heterocycles. The SMILES string of the molecule is Fc1ccc(SCCNC2CCOCC2)cc1. The van der Waals surface area contributed by atoms with E-state index in [1.807, 2.05) is 12.1 Å². The van der Waals surface area contributed by atoms with E-state index in [9.17, 15) is 4.39 Å². The minimum Gasteiger partial charge on any atom is -0.381 e. The van der Waals surface area contributed by atoms with E-state index in [0.29, 0.717) is 6.04 Å². The molecular formula is C13H18FNOS. The molecule has 0 amide bonds. The Kier molecular flexibility index (Phi) is 5.29. The summed E-state index contributed by atoms with van der Waals surface area (Å²) >= 11 is 1.76. The summed E-state index contributed by atoms with van der Waals surface area (Å²) in [5.74, 6) is 0.845. The van der Waals surface area contributed by atoms with Crippen LogP contribution < -0.4 is 5.32 Å². The number of nitrogens with one attached hydrogen (secondary N) is 1. The summed E-state index contributed by atoms with van der Waals surface area (Å²) in [5.41, 5.74) is 0. The van der Waals surface area contributed by atoms with E-state index < -0.39 is 0 Å². The van der Waals surface area contributed by atoms with E-state index >= 15 is 0 Å². The van der Waals surface area contributed by atoms with Crippen molar-refractivity contribution in [2.45, 2.75) is 23.8 Å². The highest BCUT2D eigenvalue weighted by atomic mass is 32.2. The van der Waals surface area contributed by atoms with Crippen LogP contribution in [0.4, 0.5) is 4.39 Å². The zero-order chi connectivity index (χ0) is 11.9. The van der Waals surface area contributed by atoms with Gasteiger partial charge in [-0.3, -0.25) is 0 Å². The van der Waals surface area contributed by atoms with Gasteiger partial charge in [0.2, 0.25) is 0 Å². The number of halogens is 1. The Bertz CT molecular complexity index is 325. The van der Waals surface area contributed by atoms with Crippen LogP contribution in [0.15, 0.2) is 29.2 Å². The average molecular weight is 255 g/mol. The summed E-state index contributed by atoms with van der Waals surface area (Å²) in [6.45, 7) is 2.75. The molecule has 0 atom stereocenters. The Labute approximate surface area is 106 Å². The molecule has 0 bridgehead atoms. The Balaban J connectivity index is 1.60. The van der Waals surface area contributed by atoms with Gasteiger partial charge in [-0.05, 0) is 37.1 Å². The monoisotopic (exact) mass is 255 g/mol. The van der Waals surface area contributed by atoms with Crippen LogP contribution in [-0.4, -0.2) is 31.6 Å². The van der Waals surface area contributed by atoms with Gasteiger partial charge in [-0.25, -0.2) is 4.39 Å². The van der Waals surface area contributed by atoms with Crippen molar-refractivity contribution in [1.29, 1.82) is 0 Å². The molecule has 17 heavy (non-hydrogen) atoms. The lowest BCUT2D eigenvalue weighted by molar-refractivity contribution is 0.0786. The molecule has 2 rings (SSSR count). The average Bonchev–Trinajstić information content (AvgIpc) is 2.38. The van der Waals surface area contributed by atoms with Crippen molar-refractivity contribution in [3.63, 3.8) is 0 Å². The number of benzene rings is 1. The quantitative estimate of drug-likeness (QED) is 0.645. The van der Waals surface area contributed by atoms with Gasteiger partial charge in [-0.15, -0.1) is 11.8 Å². The van der Waals surface area contributed by atoms with Gasteiger partial charge in [0.25, 0.3) is 0 Å². The van der Waals surface area contributed by atoms with Crippen LogP contribution in [0.25, 0.3) is 0 Å². The van der Waals surface area contributed by atoms with E-state index in [4.69, 9.17) is 4.74 Å². The largest absolute Gasteiger partial charge is 0.381 e. The molecule has 0 aliphatic carbocycles. The van der Waals surface area contributed by atoms with Crippen LogP contribution in [0.5, 0.6) is 0 Å². The van der Waals surface area contributed by atoms with Gasteiger partial charge < -0.3 is 10.1 Å². The van der Waals surface area contributed by atoms with E-state index in [1.54, 1.807) is 11.8 Å². The second-order valence-electron chi connectivity index (χ2n) is 4.14. The van der Waals surface area contributed by atoms with Gasteiger partial charge >= 0.3 is 0 Å². The van der Waals surface area contributed by atoms with Crippen LogP contribution in [0.2, 0.25) is 0 Å². The van der Waals surface area contributed by atoms with Gasteiger partial charge in [0.1, 0.15) is 5.82 Å². The van der Waals surface area contributed by atoms with E-state index in [2.05, 4.69) is 5.32 Å². The minimum absolute atomic E-state index is 0.172. The maximum absolute atomic E-state index is 12.7. The number of hydrogen-bond acceptors (Lipinski definition) is 3. The fourth-order valence-electron chi connectivity index (χ4n) is 1.86. The summed E-state index contributed by atoms with van der Waals surface area (Å²) in [6, 6.07) is 7.28. The molecule has 1 aliphatic rings. The number of thioether (sulfide) groups is 1. The lowest BCUT2D eigenvalue weighted by Gasteiger charge is -2.23. The Morgan fingerprint density at radius 2 is 1.94 bits per heavy atom. The van der Waals surface area contributed by atoms with Crippen molar-refractivity contribution in [3.05, 3.63) is 30.1 Å². The highest BCUT2D eigenvalue weighted by Gasteiger charge is 2.11. The fourth-order valence-corrected chi connectivity index (χ4v) is 2.65. The topological polar surface area (TPSA) is 21.3 Å². The predicted octanol–water partition coefficient (Wildman–Crippen LogP) is 2.69. The first kappa shape index (κ1) is 12.9. The zero-order valence-corrected chi connectivity index (χ0v) is 10.6. The molecule has 1 saturated heterocycles. The van der Waals surface area contributed by atoms with E-state index in [1.165, 1.54) is 12.1 Å². The fraction of sp³-hybridized carbons (Fsp3) is 0.538. The van der Waals surface area contributed by atoms with Crippen LogP contribution >= 0.6 is 11.8 Å². The summed E-state index contributed by atoms with van der Waals surface area (Å²) in [5, 5.41) is 3.53. The van der Waals surface area contributed by atoms with Crippen molar-refractivity contribution in [1.82, 2.24) is 5.32 Å². The van der Waals surface area contributed by atoms with Crippen molar-refractivity contribution < 1.29 is 9.13 Å². The second kappa shape index (κ2) is 6.99. The first-order valence-electron chi connectivity index (χ1n) is 6.04. The number of ether oxygens (including phenoxy) is 1. The Morgan fingerprint density at radius 1 is 1.24 bits per heavy atom. The van der Waals surface area contributed by atoms with Crippen LogP contribution in [0.3, 0.4) is 0 Å². The summed E-state index contributed by atoms with van der Waals surface area (Å²) < 4.78 is 18.0. The maximum atomic E-state index is 12.7. The molecule has 0 unspecified atom stereocenters. The molecule has 4 heteroatoms. The molecular weight excluding hydrogens is 237 g/mol. The third-order valence-electron chi connectivity index (χ3n) is 2.84. The van der Waals surface area contributed by atoms with Crippen molar-refractivity contribution in [2.24, 2.45) is 0 Å². The third kappa shape index (κ3) is 4.66. The maximum Gasteiger partial charge on any atom is 0.123 e. The van der Waals surface area contributed by atoms with Gasteiger partial charge in [-0.1, -0.05) is 0 Å². The standard InChI is InChI=1S/C13H18FNOS/c14-11-1-3-13(4-2-11)17-10-7-15-12-5-8-16-9-6-12/h1-4,12,15H,5-10H2. The molecule has 0 saturated carbocycles. The molecule has 1 fully saturated rings. The Hall–Kier alpha value is -0.580. The van der Waals surface area contributed by atoms with Crippen LogP contribution in [-0.2, 0) is 4.74 Å². The lowest BCUT2D eigenvalue weighted by Crippen LogP contribution is -2.35. The summed E-state index contributed by atoms with van der Waals surface area (Å²) in [7, 11) is 0. The zero-order valence-electron chi connectivity index (χ0n) is 9.82. The summed E-state index contributed by atoms with van der Waals surface area (Å²) in [6.07, 6.45) is 2.22. The molecule has 0 spiro atoms. The highest BCUT2D eigenvalue weighted by Crippen LogP contribution is 2.17. The van der Waals surface area contributed by atoms with Crippen molar-refractivity contribution in [3.8, 4) is 0 Å². The molecule has 1 heterocycles. The number of rotatable bonds is 5. The molecule has 1 aromatic rings. The number of hydrogen-bond donors (Lipinski definition) is 1. The predicted molar refractivity (Wildman–Crippen MR) is 69.0 cm³/mol. The van der Waals surface area contributed by atoms with Gasteiger partial charge in [0, 0.05) is 36.4 Å². The molecule has 94 valence electrons. The molecule has 1 aliphatic heterocycles. The first-order valence-corrected chi connectivity index (χ1v) is 7.02. The second-order valence-corrected chi connectivity index (χ2v) is 5.31. The lowest BCUT2D eigenvalue weighted by atomic mass is 10.1. The van der Waals surface area contributed by atoms with Gasteiger partial charge in [-0.2, -0.15) is 0 Å². The molecule has 1 aromatic carbocycles. The molecule has 0 radical (unpaired) electrons. The highest BCUT2D eigenvalue weighted by molar-refractivity contribution is 7.99. The third-order valence-corrected chi connectivity index (χ3v) is 3.85. The van der Waals surface area contributed by atoms with E-state index in [0.717, 1.165) is 43.2 Å². The summed E-state index contributed by atoms with van der Waals surface area (Å²) in [4.78, 5) is 1.13. The van der Waals surface area contributed by atoms with Crippen LogP contribution in [0.1, 0.15) is 12.8 Å². The molecule has 2 nitrogen and oxygen atoms in total. The minimum atomic E-state index is -0.172. The smallest absolute Gasteiger partial charge is 0.123 e.